The number of primary amides is 1. The second-order valence-electron chi connectivity index (χ2n) is 9.21. The van der Waals surface area contributed by atoms with Crippen LogP contribution in [0.4, 0.5) is 17.3 Å². The summed E-state index contributed by atoms with van der Waals surface area (Å²) in [6, 6.07) is 9.26. The molecule has 0 spiro atoms. The highest BCUT2D eigenvalue weighted by Gasteiger charge is 2.29. The Morgan fingerprint density at radius 2 is 1.75 bits per heavy atom. The zero-order valence-electron chi connectivity index (χ0n) is 18.6. The van der Waals surface area contributed by atoms with E-state index in [-0.39, 0.29) is 5.69 Å². The van der Waals surface area contributed by atoms with Crippen LogP contribution in [0, 0.1) is 0 Å². The van der Waals surface area contributed by atoms with Crippen molar-refractivity contribution in [2.75, 3.05) is 49.5 Å². The molecule has 8 nitrogen and oxygen atoms in total. The Morgan fingerprint density at radius 3 is 2.38 bits per heavy atom. The smallest absolute Gasteiger partial charge is 0.271 e. The van der Waals surface area contributed by atoms with Crippen molar-refractivity contribution in [2.24, 2.45) is 5.73 Å². The Bertz CT molecular complexity index is 930. The quantitative estimate of drug-likeness (QED) is 0.641. The highest BCUT2D eigenvalue weighted by atomic mass is 16.1. The minimum Gasteiger partial charge on any atom is -0.364 e. The molecule has 0 atom stereocenters. The summed E-state index contributed by atoms with van der Waals surface area (Å²) in [5.41, 5.74) is 8.00. The fourth-order valence-corrected chi connectivity index (χ4v) is 5.03. The van der Waals surface area contributed by atoms with Gasteiger partial charge in [-0.25, -0.2) is 9.97 Å². The molecule has 3 aliphatic heterocycles. The SMILES string of the molecule is NC(=O)c1ncc(N2CCCCC2)nc1Nc1ccc(C2CCN(C3CNC3)CC2)cc1. The van der Waals surface area contributed by atoms with Crippen LogP contribution >= 0.6 is 0 Å². The summed E-state index contributed by atoms with van der Waals surface area (Å²) >= 11 is 0. The number of carbonyl (C=O) groups excluding carboxylic acids is 1. The van der Waals surface area contributed by atoms with Crippen LogP contribution in [-0.4, -0.2) is 66.1 Å². The van der Waals surface area contributed by atoms with Crippen molar-refractivity contribution < 1.29 is 4.79 Å². The number of likely N-dealkylation sites (tertiary alicyclic amines) is 1. The van der Waals surface area contributed by atoms with Crippen molar-refractivity contribution >= 4 is 23.2 Å². The number of nitrogens with two attached hydrogens (primary N) is 1. The summed E-state index contributed by atoms with van der Waals surface area (Å²) in [5, 5.41) is 6.66. The fraction of sp³-hybridized carbons (Fsp3) is 0.542. The molecule has 0 radical (unpaired) electrons. The van der Waals surface area contributed by atoms with Gasteiger partial charge in [-0.1, -0.05) is 12.1 Å². The van der Waals surface area contributed by atoms with Gasteiger partial charge in [0.1, 0.15) is 5.82 Å². The standard InChI is InChI=1S/C24H33N7O/c25-23(32)22-24(29-21(16-27-22)31-10-2-1-3-11-31)28-19-6-4-17(5-7-19)18-8-12-30(13-9-18)20-14-26-15-20/h4-7,16,18,20,26H,1-3,8-15H2,(H2,25,32)(H,28,29). The third kappa shape index (κ3) is 4.56. The number of nitrogens with zero attached hydrogens (tertiary/aromatic N) is 4. The second-order valence-corrected chi connectivity index (χ2v) is 9.21. The summed E-state index contributed by atoms with van der Waals surface area (Å²) in [4.78, 5) is 25.8. The first-order chi connectivity index (χ1) is 15.7. The maximum absolute atomic E-state index is 11.9. The van der Waals surface area contributed by atoms with Crippen LogP contribution in [0.2, 0.25) is 0 Å². The van der Waals surface area contributed by atoms with Crippen LogP contribution in [-0.2, 0) is 0 Å². The van der Waals surface area contributed by atoms with Crippen LogP contribution in [0.15, 0.2) is 30.5 Å². The lowest BCUT2D eigenvalue weighted by Gasteiger charge is -2.42. The van der Waals surface area contributed by atoms with Gasteiger partial charge in [-0.3, -0.25) is 9.69 Å². The minimum absolute atomic E-state index is 0.174. The number of nitrogens with one attached hydrogen (secondary N) is 2. The Hall–Kier alpha value is -2.71. The Balaban J connectivity index is 1.27. The van der Waals surface area contributed by atoms with Crippen molar-refractivity contribution in [2.45, 2.75) is 44.1 Å². The van der Waals surface area contributed by atoms with E-state index >= 15 is 0 Å². The maximum atomic E-state index is 11.9. The van der Waals surface area contributed by atoms with Gasteiger partial charge in [-0.2, -0.15) is 0 Å². The van der Waals surface area contributed by atoms with Crippen molar-refractivity contribution in [1.29, 1.82) is 0 Å². The minimum atomic E-state index is -0.574. The molecule has 170 valence electrons. The van der Waals surface area contributed by atoms with Gasteiger partial charge in [0.2, 0.25) is 0 Å². The number of anilines is 3. The molecule has 3 aliphatic rings. The molecule has 5 rings (SSSR count). The highest BCUT2D eigenvalue weighted by molar-refractivity contribution is 5.96. The molecule has 0 unspecified atom stereocenters. The lowest BCUT2D eigenvalue weighted by atomic mass is 9.88. The van der Waals surface area contributed by atoms with Crippen molar-refractivity contribution in [3.05, 3.63) is 41.7 Å². The number of hydrogen-bond acceptors (Lipinski definition) is 7. The first-order valence-corrected chi connectivity index (χ1v) is 11.9. The molecule has 0 aliphatic carbocycles. The van der Waals surface area contributed by atoms with Crippen molar-refractivity contribution in [3.63, 3.8) is 0 Å². The number of piperidine rings is 2. The van der Waals surface area contributed by atoms with E-state index < -0.39 is 5.91 Å². The molecule has 8 heteroatoms. The van der Waals surface area contributed by atoms with E-state index in [0.29, 0.717) is 11.7 Å². The van der Waals surface area contributed by atoms with E-state index in [9.17, 15) is 4.79 Å². The highest BCUT2D eigenvalue weighted by Crippen LogP contribution is 2.31. The van der Waals surface area contributed by atoms with E-state index in [1.165, 1.54) is 37.9 Å². The average molecular weight is 436 g/mol. The van der Waals surface area contributed by atoms with Crippen molar-refractivity contribution in [3.8, 4) is 0 Å². The third-order valence-corrected chi connectivity index (χ3v) is 7.12. The van der Waals surface area contributed by atoms with Gasteiger partial charge in [0.25, 0.3) is 5.91 Å². The molecule has 0 saturated carbocycles. The topological polar surface area (TPSA) is 99.4 Å². The number of rotatable bonds is 6. The molecule has 1 aromatic heterocycles. The van der Waals surface area contributed by atoms with Crippen LogP contribution in [0.3, 0.4) is 0 Å². The number of carbonyl (C=O) groups is 1. The van der Waals surface area contributed by atoms with E-state index in [0.717, 1.165) is 56.6 Å². The van der Waals surface area contributed by atoms with E-state index in [2.05, 4.69) is 49.7 Å². The molecule has 2 aromatic rings. The summed E-state index contributed by atoms with van der Waals surface area (Å²) in [6.45, 7) is 6.57. The first kappa shape index (κ1) is 21.2. The van der Waals surface area contributed by atoms with Gasteiger partial charge in [0.15, 0.2) is 11.5 Å². The molecule has 0 bridgehead atoms. The van der Waals surface area contributed by atoms with Crippen LogP contribution in [0.1, 0.15) is 54.1 Å². The van der Waals surface area contributed by atoms with Crippen LogP contribution < -0.4 is 21.3 Å². The number of amides is 1. The Kier molecular flexibility index (Phi) is 6.23. The van der Waals surface area contributed by atoms with E-state index in [4.69, 9.17) is 10.7 Å². The molecular weight excluding hydrogens is 402 g/mol. The zero-order chi connectivity index (χ0) is 21.9. The Morgan fingerprint density at radius 1 is 1.03 bits per heavy atom. The summed E-state index contributed by atoms with van der Waals surface area (Å²) < 4.78 is 0. The Labute approximate surface area is 189 Å². The van der Waals surface area contributed by atoms with Gasteiger partial charge >= 0.3 is 0 Å². The van der Waals surface area contributed by atoms with Gasteiger partial charge in [-0.15, -0.1) is 0 Å². The molecule has 4 N–H and O–H groups in total. The molecule has 4 heterocycles. The lowest BCUT2D eigenvalue weighted by molar-refractivity contribution is 0.0996. The van der Waals surface area contributed by atoms with Crippen LogP contribution in [0.5, 0.6) is 0 Å². The summed E-state index contributed by atoms with van der Waals surface area (Å²) in [7, 11) is 0. The lowest BCUT2D eigenvalue weighted by Crippen LogP contribution is -2.58. The van der Waals surface area contributed by atoms with Crippen molar-refractivity contribution in [1.82, 2.24) is 20.2 Å². The molecule has 1 aromatic carbocycles. The van der Waals surface area contributed by atoms with Gasteiger partial charge in [-0.05, 0) is 68.8 Å². The monoisotopic (exact) mass is 435 g/mol. The second kappa shape index (κ2) is 9.42. The molecular formula is C24H33N7O. The van der Waals surface area contributed by atoms with Gasteiger partial charge in [0, 0.05) is 37.9 Å². The molecule has 3 saturated heterocycles. The molecule has 3 fully saturated rings. The van der Waals surface area contributed by atoms with Gasteiger partial charge < -0.3 is 21.3 Å². The average Bonchev–Trinajstić information content (AvgIpc) is 2.79. The zero-order valence-corrected chi connectivity index (χ0v) is 18.6. The predicted octanol–water partition coefficient (Wildman–Crippen LogP) is 2.46. The summed E-state index contributed by atoms with van der Waals surface area (Å²) in [6.07, 6.45) is 7.63. The maximum Gasteiger partial charge on any atom is 0.271 e. The van der Waals surface area contributed by atoms with Crippen LogP contribution in [0.25, 0.3) is 0 Å². The van der Waals surface area contributed by atoms with E-state index in [1.54, 1.807) is 6.20 Å². The van der Waals surface area contributed by atoms with Gasteiger partial charge in [0.05, 0.1) is 6.20 Å². The summed E-state index contributed by atoms with van der Waals surface area (Å²) in [5.74, 6) is 1.25. The number of aromatic nitrogens is 2. The predicted molar refractivity (Wildman–Crippen MR) is 127 cm³/mol. The normalized spacial score (nSPS) is 20.7. The third-order valence-electron chi connectivity index (χ3n) is 7.12. The number of benzene rings is 1. The molecule has 1 amide bonds. The fourth-order valence-electron chi connectivity index (χ4n) is 5.03. The largest absolute Gasteiger partial charge is 0.364 e. The number of hydrogen-bond donors (Lipinski definition) is 3. The molecule has 32 heavy (non-hydrogen) atoms. The first-order valence-electron chi connectivity index (χ1n) is 11.9. The van der Waals surface area contributed by atoms with E-state index in [1.807, 2.05) is 0 Å².